The number of benzene rings is 1. The molecule has 3 N–H and O–H groups in total. The maximum absolute atomic E-state index is 11.2. The van der Waals surface area contributed by atoms with Crippen LogP contribution in [0.15, 0.2) is 18.2 Å². The maximum Gasteiger partial charge on any atom is 0.333 e. The van der Waals surface area contributed by atoms with E-state index in [9.17, 15) is 4.79 Å². The fourth-order valence-corrected chi connectivity index (χ4v) is 1.39. The Labute approximate surface area is 82.1 Å². The van der Waals surface area contributed by atoms with Gasteiger partial charge in [-0.25, -0.2) is 4.79 Å². The highest BCUT2D eigenvalue weighted by Gasteiger charge is 2.23. The minimum absolute atomic E-state index is 0.252. The average Bonchev–Trinajstić information content (AvgIpc) is 2.19. The van der Waals surface area contributed by atoms with Gasteiger partial charge in [0.15, 0.2) is 5.75 Å². The molecule has 0 bridgehead atoms. The molecule has 2 rings (SSSR count). The Bertz CT molecular complexity index is 376. The number of esters is 1. The molecule has 1 atom stereocenters. The van der Waals surface area contributed by atoms with Crippen molar-refractivity contribution in [3.05, 3.63) is 23.8 Å². The largest absolute Gasteiger partial charge is 0.423 e. The second-order valence-electron chi connectivity index (χ2n) is 3.32. The van der Waals surface area contributed by atoms with Gasteiger partial charge in [-0.2, -0.15) is 0 Å². The first-order chi connectivity index (χ1) is 6.70. The second-order valence-corrected chi connectivity index (χ2v) is 3.32. The molecule has 14 heavy (non-hydrogen) atoms. The summed E-state index contributed by atoms with van der Waals surface area (Å²) in [5.74, 6) is 0.322. The molecule has 1 aromatic rings. The van der Waals surface area contributed by atoms with Crippen molar-refractivity contribution in [2.75, 3.05) is 5.32 Å². The van der Waals surface area contributed by atoms with E-state index in [4.69, 9.17) is 10.5 Å². The molecule has 4 nitrogen and oxygen atoms in total. The summed E-state index contributed by atoms with van der Waals surface area (Å²) in [6.45, 7) is 2.25. The fourth-order valence-electron chi connectivity index (χ4n) is 1.39. The van der Waals surface area contributed by atoms with Crippen LogP contribution >= 0.6 is 0 Å². The van der Waals surface area contributed by atoms with Gasteiger partial charge in [0, 0.05) is 6.54 Å². The molecule has 4 heteroatoms. The van der Waals surface area contributed by atoms with Crippen molar-refractivity contribution < 1.29 is 9.53 Å². The lowest BCUT2D eigenvalue weighted by atomic mass is 10.1. The van der Waals surface area contributed by atoms with Crippen LogP contribution in [0.4, 0.5) is 5.69 Å². The zero-order valence-corrected chi connectivity index (χ0v) is 7.91. The van der Waals surface area contributed by atoms with Gasteiger partial charge in [-0.3, -0.25) is 0 Å². The van der Waals surface area contributed by atoms with Gasteiger partial charge in [-0.15, -0.1) is 0 Å². The molecule has 1 heterocycles. The zero-order chi connectivity index (χ0) is 10.1. The van der Waals surface area contributed by atoms with Crippen molar-refractivity contribution >= 4 is 11.7 Å². The molecule has 0 aliphatic carbocycles. The number of ether oxygens (including phenoxy) is 1. The molecule has 0 fully saturated rings. The molecule has 0 saturated carbocycles. The van der Waals surface area contributed by atoms with Gasteiger partial charge >= 0.3 is 5.97 Å². The lowest BCUT2D eigenvalue weighted by molar-refractivity contribution is -0.135. The first kappa shape index (κ1) is 9.02. The summed E-state index contributed by atoms with van der Waals surface area (Å²) in [7, 11) is 0. The number of nitrogens with two attached hydrogens (primary N) is 1. The number of carbonyl (C=O) groups is 1. The van der Waals surface area contributed by atoms with Crippen LogP contribution in [0.25, 0.3) is 0 Å². The topological polar surface area (TPSA) is 64.3 Å². The van der Waals surface area contributed by atoms with Gasteiger partial charge in [0.1, 0.15) is 6.04 Å². The number of hydrogen-bond donors (Lipinski definition) is 2. The summed E-state index contributed by atoms with van der Waals surface area (Å²) in [6.07, 6.45) is 0. The lowest BCUT2D eigenvalue weighted by Crippen LogP contribution is -2.34. The number of carbonyl (C=O) groups excluding carboxylic acids is 1. The van der Waals surface area contributed by atoms with Crippen LogP contribution in [0.1, 0.15) is 12.5 Å². The van der Waals surface area contributed by atoms with E-state index >= 15 is 0 Å². The maximum atomic E-state index is 11.2. The predicted molar refractivity (Wildman–Crippen MR) is 53.1 cm³/mol. The van der Waals surface area contributed by atoms with Gasteiger partial charge in [0.2, 0.25) is 0 Å². The molecular formula is C10H12N2O2. The van der Waals surface area contributed by atoms with Gasteiger partial charge in [-0.05, 0) is 24.6 Å². The minimum Gasteiger partial charge on any atom is -0.423 e. The van der Waals surface area contributed by atoms with E-state index in [-0.39, 0.29) is 12.0 Å². The van der Waals surface area contributed by atoms with E-state index in [0.717, 1.165) is 11.3 Å². The van der Waals surface area contributed by atoms with Gasteiger partial charge in [-0.1, -0.05) is 6.07 Å². The molecule has 0 radical (unpaired) electrons. The van der Waals surface area contributed by atoms with E-state index in [1.807, 2.05) is 12.1 Å². The highest BCUT2D eigenvalue weighted by molar-refractivity contribution is 5.86. The summed E-state index contributed by atoms with van der Waals surface area (Å²) in [4.78, 5) is 11.2. The molecule has 0 amide bonds. The third-order valence-electron chi connectivity index (χ3n) is 2.22. The molecule has 0 aromatic heterocycles. The number of rotatable bonds is 1. The monoisotopic (exact) mass is 192 g/mol. The summed E-state index contributed by atoms with van der Waals surface area (Å²) in [5, 5.41) is 3.05. The van der Waals surface area contributed by atoms with Crippen molar-refractivity contribution in [1.82, 2.24) is 0 Å². The standard InChI is InChI=1S/C10H12N2O2/c1-6-10(13)14-9-3-2-7(5-11)4-8(9)12-6/h2-4,6,12H,5,11H2,1H3. The number of nitrogens with one attached hydrogen (secondary N) is 1. The van der Waals surface area contributed by atoms with Crippen molar-refractivity contribution in [2.45, 2.75) is 19.5 Å². The third-order valence-corrected chi connectivity index (χ3v) is 2.22. The SMILES string of the molecule is CC1Nc2cc(CN)ccc2OC1=O. The Kier molecular flexibility index (Phi) is 2.13. The fraction of sp³-hybridized carbons (Fsp3) is 0.300. The molecule has 74 valence electrons. The lowest BCUT2D eigenvalue weighted by Gasteiger charge is -2.23. The van der Waals surface area contributed by atoms with Crippen LogP contribution in [0.3, 0.4) is 0 Å². The van der Waals surface area contributed by atoms with Gasteiger partial charge < -0.3 is 15.8 Å². The molecule has 1 aliphatic rings. The minimum atomic E-state index is -0.296. The summed E-state index contributed by atoms with van der Waals surface area (Å²) < 4.78 is 5.10. The van der Waals surface area contributed by atoms with Crippen LogP contribution in [0, 0.1) is 0 Å². The first-order valence-corrected chi connectivity index (χ1v) is 4.52. The summed E-state index contributed by atoms with van der Waals surface area (Å²) in [6, 6.07) is 5.21. The smallest absolute Gasteiger partial charge is 0.333 e. The second kappa shape index (κ2) is 3.31. The van der Waals surface area contributed by atoms with Crippen LogP contribution < -0.4 is 15.8 Å². The normalized spacial score (nSPS) is 19.6. The highest BCUT2D eigenvalue weighted by Crippen LogP contribution is 2.29. The van der Waals surface area contributed by atoms with E-state index in [1.54, 1.807) is 13.0 Å². The number of fused-ring (bicyclic) bond motifs is 1. The van der Waals surface area contributed by atoms with Gasteiger partial charge in [0.25, 0.3) is 0 Å². The van der Waals surface area contributed by atoms with Crippen molar-refractivity contribution in [3.8, 4) is 5.75 Å². The van der Waals surface area contributed by atoms with Crippen LogP contribution in [0.2, 0.25) is 0 Å². The van der Waals surface area contributed by atoms with Crippen molar-refractivity contribution in [3.63, 3.8) is 0 Å². The third kappa shape index (κ3) is 1.44. The molecule has 0 spiro atoms. The molecule has 0 saturated heterocycles. The van der Waals surface area contributed by atoms with E-state index in [1.165, 1.54) is 0 Å². The summed E-state index contributed by atoms with van der Waals surface area (Å²) >= 11 is 0. The molecule has 1 unspecified atom stereocenters. The zero-order valence-electron chi connectivity index (χ0n) is 7.91. The van der Waals surface area contributed by atoms with Crippen LogP contribution in [0.5, 0.6) is 5.75 Å². The van der Waals surface area contributed by atoms with Crippen LogP contribution in [-0.4, -0.2) is 12.0 Å². The first-order valence-electron chi connectivity index (χ1n) is 4.52. The average molecular weight is 192 g/mol. The van der Waals surface area contributed by atoms with Crippen molar-refractivity contribution in [2.24, 2.45) is 5.73 Å². The molecular weight excluding hydrogens is 180 g/mol. The quantitative estimate of drug-likeness (QED) is 0.511. The van der Waals surface area contributed by atoms with Crippen LogP contribution in [-0.2, 0) is 11.3 Å². The Morgan fingerprint density at radius 2 is 2.36 bits per heavy atom. The molecule has 1 aromatic carbocycles. The Morgan fingerprint density at radius 1 is 1.57 bits per heavy atom. The Morgan fingerprint density at radius 3 is 3.07 bits per heavy atom. The van der Waals surface area contributed by atoms with E-state index in [0.29, 0.717) is 12.3 Å². The molecule has 1 aliphatic heterocycles. The Hall–Kier alpha value is -1.55. The van der Waals surface area contributed by atoms with E-state index in [2.05, 4.69) is 5.32 Å². The van der Waals surface area contributed by atoms with Crippen molar-refractivity contribution in [1.29, 1.82) is 0 Å². The van der Waals surface area contributed by atoms with Gasteiger partial charge in [0.05, 0.1) is 5.69 Å². The number of anilines is 1. The predicted octanol–water partition coefficient (Wildman–Crippen LogP) is 0.865. The number of hydrogen-bond acceptors (Lipinski definition) is 4. The highest BCUT2D eigenvalue weighted by atomic mass is 16.5. The van der Waals surface area contributed by atoms with E-state index < -0.39 is 0 Å². The Balaban J connectivity index is 2.37. The summed E-state index contributed by atoms with van der Waals surface area (Å²) in [5.41, 5.74) is 7.36.